The molecule has 20 heavy (non-hydrogen) atoms. The highest BCUT2D eigenvalue weighted by Gasteiger charge is 2.32. The number of piperidine rings is 1. The average molecular weight is 277 g/mol. The van der Waals surface area contributed by atoms with Crippen LogP contribution in [-0.2, 0) is 4.79 Å². The van der Waals surface area contributed by atoms with E-state index in [0.717, 1.165) is 18.7 Å². The summed E-state index contributed by atoms with van der Waals surface area (Å²) in [6.07, 6.45) is 3.38. The predicted octanol–water partition coefficient (Wildman–Crippen LogP) is 1.34. The van der Waals surface area contributed by atoms with Gasteiger partial charge in [0.25, 0.3) is 5.56 Å². The van der Waals surface area contributed by atoms with Crippen LogP contribution >= 0.6 is 0 Å². The smallest absolute Gasteiger partial charge is 0.306 e. The van der Waals surface area contributed by atoms with E-state index < -0.39 is 5.97 Å². The first-order valence-corrected chi connectivity index (χ1v) is 7.15. The minimum absolute atomic E-state index is 0.0891. The van der Waals surface area contributed by atoms with Crippen LogP contribution in [0.3, 0.4) is 0 Å². The molecule has 1 aromatic heterocycles. The minimum Gasteiger partial charge on any atom is -0.481 e. The Morgan fingerprint density at radius 3 is 2.80 bits per heavy atom. The Kier molecular flexibility index (Phi) is 3.23. The zero-order valence-electron chi connectivity index (χ0n) is 11.5. The topological polar surface area (TPSA) is 86.3 Å². The molecule has 1 aliphatic carbocycles. The van der Waals surface area contributed by atoms with Gasteiger partial charge in [-0.3, -0.25) is 9.59 Å². The summed E-state index contributed by atoms with van der Waals surface area (Å²) in [7, 11) is 0. The normalized spacial score (nSPS) is 26.6. The quantitative estimate of drug-likeness (QED) is 0.870. The molecule has 0 amide bonds. The first kappa shape index (κ1) is 13.1. The Labute approximate surface area is 116 Å². The van der Waals surface area contributed by atoms with E-state index in [4.69, 9.17) is 5.11 Å². The van der Waals surface area contributed by atoms with E-state index in [-0.39, 0.29) is 17.5 Å². The molecule has 0 spiro atoms. The van der Waals surface area contributed by atoms with Crippen molar-refractivity contribution in [2.24, 2.45) is 5.92 Å². The number of carboxylic acids is 1. The zero-order valence-corrected chi connectivity index (χ0v) is 11.5. The fourth-order valence-corrected chi connectivity index (χ4v) is 2.90. The summed E-state index contributed by atoms with van der Waals surface area (Å²) < 4.78 is 0. The third-order valence-electron chi connectivity index (χ3n) is 4.23. The Morgan fingerprint density at radius 2 is 2.20 bits per heavy atom. The summed E-state index contributed by atoms with van der Waals surface area (Å²) in [5.74, 6) is 0.849. The molecule has 1 saturated heterocycles. The van der Waals surface area contributed by atoms with E-state index in [1.165, 1.54) is 6.07 Å². The van der Waals surface area contributed by atoms with Gasteiger partial charge < -0.3 is 15.0 Å². The SMILES string of the molecule is CC1CC(C(=O)O)CCN1c1cc(=O)[nH]c(C2CC2)n1. The number of rotatable bonds is 3. The molecule has 2 fully saturated rings. The summed E-state index contributed by atoms with van der Waals surface area (Å²) >= 11 is 0. The van der Waals surface area contributed by atoms with Crippen LogP contribution < -0.4 is 10.5 Å². The molecule has 2 unspecified atom stereocenters. The number of aliphatic carboxylic acids is 1. The summed E-state index contributed by atoms with van der Waals surface area (Å²) in [6.45, 7) is 2.63. The van der Waals surface area contributed by atoms with Crippen LogP contribution in [0.2, 0.25) is 0 Å². The van der Waals surface area contributed by atoms with Crippen molar-refractivity contribution in [1.82, 2.24) is 9.97 Å². The van der Waals surface area contributed by atoms with E-state index in [9.17, 15) is 9.59 Å². The van der Waals surface area contributed by atoms with Gasteiger partial charge in [-0.1, -0.05) is 0 Å². The van der Waals surface area contributed by atoms with Gasteiger partial charge in [0.1, 0.15) is 11.6 Å². The molecular formula is C14H19N3O3. The van der Waals surface area contributed by atoms with Crippen molar-refractivity contribution < 1.29 is 9.90 Å². The number of hydrogen-bond donors (Lipinski definition) is 2. The fraction of sp³-hybridized carbons (Fsp3) is 0.643. The van der Waals surface area contributed by atoms with Crippen molar-refractivity contribution in [3.8, 4) is 0 Å². The van der Waals surface area contributed by atoms with Crippen molar-refractivity contribution in [3.05, 3.63) is 22.2 Å². The summed E-state index contributed by atoms with van der Waals surface area (Å²) in [4.78, 5) is 32.2. The highest BCUT2D eigenvalue weighted by atomic mass is 16.4. The molecule has 1 aliphatic heterocycles. The van der Waals surface area contributed by atoms with Gasteiger partial charge in [0.2, 0.25) is 0 Å². The molecule has 2 atom stereocenters. The van der Waals surface area contributed by atoms with Crippen LogP contribution in [0.1, 0.15) is 44.3 Å². The molecule has 3 rings (SSSR count). The Bertz CT molecular complexity index is 579. The lowest BCUT2D eigenvalue weighted by molar-refractivity contribution is -0.142. The lowest BCUT2D eigenvalue weighted by Crippen LogP contribution is -2.43. The molecule has 1 aromatic rings. The van der Waals surface area contributed by atoms with Crippen LogP contribution in [-0.4, -0.2) is 33.6 Å². The van der Waals surface area contributed by atoms with Crippen molar-refractivity contribution >= 4 is 11.8 Å². The van der Waals surface area contributed by atoms with Gasteiger partial charge in [-0.25, -0.2) is 4.98 Å². The first-order chi connectivity index (χ1) is 9.54. The van der Waals surface area contributed by atoms with Crippen molar-refractivity contribution in [1.29, 1.82) is 0 Å². The van der Waals surface area contributed by atoms with Gasteiger partial charge in [-0.15, -0.1) is 0 Å². The van der Waals surface area contributed by atoms with Crippen LogP contribution in [0.15, 0.2) is 10.9 Å². The highest BCUT2D eigenvalue weighted by molar-refractivity contribution is 5.70. The summed E-state index contributed by atoms with van der Waals surface area (Å²) in [5, 5.41) is 9.09. The van der Waals surface area contributed by atoms with Crippen LogP contribution in [0.4, 0.5) is 5.82 Å². The molecule has 0 radical (unpaired) electrons. The summed E-state index contributed by atoms with van der Waals surface area (Å²) in [5.41, 5.74) is -0.121. The molecular weight excluding hydrogens is 258 g/mol. The lowest BCUT2D eigenvalue weighted by atomic mass is 9.92. The minimum atomic E-state index is -0.728. The number of carboxylic acid groups (broad SMARTS) is 1. The number of aromatic nitrogens is 2. The number of nitrogens with zero attached hydrogens (tertiary/aromatic N) is 2. The summed E-state index contributed by atoms with van der Waals surface area (Å²) in [6, 6.07) is 1.61. The Balaban J connectivity index is 1.82. The van der Waals surface area contributed by atoms with Gasteiger partial charge in [0, 0.05) is 24.6 Å². The van der Waals surface area contributed by atoms with Crippen molar-refractivity contribution in [3.63, 3.8) is 0 Å². The van der Waals surface area contributed by atoms with Gasteiger partial charge in [-0.2, -0.15) is 0 Å². The van der Waals surface area contributed by atoms with E-state index in [1.807, 2.05) is 6.92 Å². The fourth-order valence-electron chi connectivity index (χ4n) is 2.90. The third kappa shape index (κ3) is 2.55. The molecule has 6 heteroatoms. The highest BCUT2D eigenvalue weighted by Crippen LogP contribution is 2.38. The predicted molar refractivity (Wildman–Crippen MR) is 74.0 cm³/mol. The number of carbonyl (C=O) groups is 1. The monoisotopic (exact) mass is 277 g/mol. The lowest BCUT2D eigenvalue weighted by Gasteiger charge is -2.37. The number of anilines is 1. The second kappa shape index (κ2) is 4.92. The first-order valence-electron chi connectivity index (χ1n) is 7.15. The van der Waals surface area contributed by atoms with Gasteiger partial charge in [0.15, 0.2) is 0 Å². The number of H-pyrrole nitrogens is 1. The van der Waals surface area contributed by atoms with Gasteiger partial charge in [0.05, 0.1) is 5.92 Å². The average Bonchev–Trinajstić information content (AvgIpc) is 3.21. The maximum Gasteiger partial charge on any atom is 0.306 e. The van der Waals surface area contributed by atoms with Crippen molar-refractivity contribution in [2.45, 2.75) is 44.6 Å². The molecule has 108 valence electrons. The maximum absolute atomic E-state index is 11.7. The number of hydrogen-bond acceptors (Lipinski definition) is 4. The van der Waals surface area contributed by atoms with Gasteiger partial charge >= 0.3 is 5.97 Å². The van der Waals surface area contributed by atoms with Crippen LogP contribution in [0.5, 0.6) is 0 Å². The van der Waals surface area contributed by atoms with Crippen LogP contribution in [0, 0.1) is 5.92 Å². The molecule has 2 heterocycles. The number of aromatic amines is 1. The molecule has 1 saturated carbocycles. The Morgan fingerprint density at radius 1 is 1.45 bits per heavy atom. The van der Waals surface area contributed by atoms with Crippen LogP contribution in [0.25, 0.3) is 0 Å². The molecule has 2 aliphatic rings. The van der Waals surface area contributed by atoms with E-state index in [1.54, 1.807) is 0 Å². The second-order valence-electron chi connectivity index (χ2n) is 5.87. The standard InChI is InChI=1S/C14H19N3O3/c1-8-6-10(14(19)20)4-5-17(8)11-7-12(18)16-13(15-11)9-2-3-9/h7-10H,2-6H2,1H3,(H,19,20)(H,15,16,18). The second-order valence-corrected chi connectivity index (χ2v) is 5.87. The van der Waals surface area contributed by atoms with E-state index >= 15 is 0 Å². The van der Waals surface area contributed by atoms with E-state index in [0.29, 0.717) is 31.1 Å². The van der Waals surface area contributed by atoms with Crippen molar-refractivity contribution in [2.75, 3.05) is 11.4 Å². The number of nitrogens with one attached hydrogen (secondary N) is 1. The molecule has 0 bridgehead atoms. The Hall–Kier alpha value is -1.85. The molecule has 0 aromatic carbocycles. The van der Waals surface area contributed by atoms with Gasteiger partial charge in [-0.05, 0) is 32.6 Å². The largest absolute Gasteiger partial charge is 0.481 e. The molecule has 2 N–H and O–H groups in total. The zero-order chi connectivity index (χ0) is 14.3. The van der Waals surface area contributed by atoms with E-state index in [2.05, 4.69) is 14.9 Å². The third-order valence-corrected chi connectivity index (χ3v) is 4.23. The maximum atomic E-state index is 11.7. The molecule has 6 nitrogen and oxygen atoms in total.